The highest BCUT2D eigenvalue weighted by Crippen LogP contribution is 2.24. The van der Waals surface area contributed by atoms with Crippen LogP contribution in [0.5, 0.6) is 11.6 Å². The number of amides is 2. The molecular formula is C25H27N3O3. The number of carbonyl (C=O) groups excluding carboxylic acids is 2. The summed E-state index contributed by atoms with van der Waals surface area (Å²) in [6, 6.07) is 16.2. The van der Waals surface area contributed by atoms with Gasteiger partial charge in [0.25, 0.3) is 5.91 Å². The smallest absolute Gasteiger partial charge is 0.251 e. The molecule has 0 spiro atoms. The second-order valence-corrected chi connectivity index (χ2v) is 7.66. The van der Waals surface area contributed by atoms with E-state index < -0.39 is 6.04 Å². The first-order valence-electron chi connectivity index (χ1n) is 10.2. The third kappa shape index (κ3) is 6.15. The number of benzene rings is 2. The number of pyridine rings is 1. The minimum absolute atomic E-state index is 0.267. The third-order valence-electron chi connectivity index (χ3n) is 4.84. The molecule has 0 aliphatic heterocycles. The Morgan fingerprint density at radius 2 is 1.77 bits per heavy atom. The Bertz CT molecular complexity index is 1080. The number of ether oxygens (including phenoxy) is 1. The number of nitrogens with one attached hydrogen (secondary N) is 2. The Labute approximate surface area is 182 Å². The van der Waals surface area contributed by atoms with Crippen LogP contribution >= 0.6 is 0 Å². The number of carbonyl (C=O) groups is 2. The summed E-state index contributed by atoms with van der Waals surface area (Å²) >= 11 is 0. The van der Waals surface area contributed by atoms with Crippen LogP contribution < -0.4 is 15.4 Å². The van der Waals surface area contributed by atoms with Gasteiger partial charge in [-0.1, -0.05) is 35.9 Å². The van der Waals surface area contributed by atoms with E-state index in [4.69, 9.17) is 4.74 Å². The molecule has 0 aliphatic rings. The summed E-state index contributed by atoms with van der Waals surface area (Å²) in [5.74, 6) is 0.715. The predicted molar refractivity (Wildman–Crippen MR) is 120 cm³/mol. The van der Waals surface area contributed by atoms with E-state index in [0.29, 0.717) is 18.0 Å². The Morgan fingerprint density at radius 3 is 2.48 bits per heavy atom. The van der Waals surface area contributed by atoms with E-state index in [0.717, 1.165) is 28.0 Å². The molecule has 2 amide bonds. The van der Waals surface area contributed by atoms with Gasteiger partial charge in [0.2, 0.25) is 11.8 Å². The van der Waals surface area contributed by atoms with Crippen LogP contribution in [0.15, 0.2) is 60.8 Å². The van der Waals surface area contributed by atoms with E-state index in [-0.39, 0.29) is 11.8 Å². The zero-order valence-electron chi connectivity index (χ0n) is 18.2. The van der Waals surface area contributed by atoms with Crippen molar-refractivity contribution >= 4 is 11.8 Å². The lowest BCUT2D eigenvalue weighted by Crippen LogP contribution is -2.44. The molecule has 0 saturated heterocycles. The highest BCUT2D eigenvalue weighted by Gasteiger charge is 2.16. The Morgan fingerprint density at radius 1 is 1.00 bits per heavy atom. The van der Waals surface area contributed by atoms with Gasteiger partial charge in [0.1, 0.15) is 11.8 Å². The summed E-state index contributed by atoms with van der Waals surface area (Å²) in [4.78, 5) is 29.0. The van der Waals surface area contributed by atoms with E-state index in [2.05, 4.69) is 15.6 Å². The molecule has 3 aromatic rings. The van der Waals surface area contributed by atoms with E-state index in [1.54, 1.807) is 31.3 Å². The van der Waals surface area contributed by atoms with Gasteiger partial charge in [-0.2, -0.15) is 0 Å². The van der Waals surface area contributed by atoms with Gasteiger partial charge in [-0.3, -0.25) is 9.59 Å². The fraction of sp³-hybridized carbons (Fsp3) is 0.240. The average molecular weight is 418 g/mol. The minimum Gasteiger partial charge on any atom is -0.439 e. The molecule has 0 radical (unpaired) electrons. The summed E-state index contributed by atoms with van der Waals surface area (Å²) in [7, 11) is 0. The maximum Gasteiger partial charge on any atom is 0.251 e. The second-order valence-electron chi connectivity index (χ2n) is 7.66. The standard InChI is InChI=1S/C25H27N3O3/c1-16-6-5-7-21(12-16)25(30)28-19(4)24(29)27-15-20-10-11-23(26-14-20)31-22-13-17(2)8-9-18(22)3/h5-14,19H,15H2,1-4H3,(H,27,29)(H,28,30). The first kappa shape index (κ1) is 22.0. The van der Waals surface area contributed by atoms with Gasteiger partial charge in [-0.05, 0) is 62.6 Å². The number of hydrogen-bond donors (Lipinski definition) is 2. The zero-order valence-corrected chi connectivity index (χ0v) is 18.2. The van der Waals surface area contributed by atoms with Gasteiger partial charge in [0.05, 0.1) is 0 Å². The molecule has 31 heavy (non-hydrogen) atoms. The van der Waals surface area contributed by atoms with E-state index in [1.165, 1.54) is 0 Å². The molecule has 0 bridgehead atoms. The average Bonchev–Trinajstić information content (AvgIpc) is 2.75. The van der Waals surface area contributed by atoms with Crippen LogP contribution in [0, 0.1) is 20.8 Å². The van der Waals surface area contributed by atoms with E-state index >= 15 is 0 Å². The quantitative estimate of drug-likeness (QED) is 0.603. The molecule has 1 atom stereocenters. The lowest BCUT2D eigenvalue weighted by molar-refractivity contribution is -0.122. The molecule has 1 unspecified atom stereocenters. The van der Waals surface area contributed by atoms with Crippen LogP contribution in [0.3, 0.4) is 0 Å². The first-order chi connectivity index (χ1) is 14.8. The second kappa shape index (κ2) is 9.89. The molecular weight excluding hydrogens is 390 g/mol. The molecule has 2 N–H and O–H groups in total. The van der Waals surface area contributed by atoms with Gasteiger partial charge >= 0.3 is 0 Å². The van der Waals surface area contributed by atoms with Gasteiger partial charge in [0, 0.05) is 24.4 Å². The molecule has 160 valence electrons. The number of aryl methyl sites for hydroxylation is 3. The van der Waals surface area contributed by atoms with Crippen molar-refractivity contribution in [1.82, 2.24) is 15.6 Å². The summed E-state index contributed by atoms with van der Waals surface area (Å²) < 4.78 is 5.86. The largest absolute Gasteiger partial charge is 0.439 e. The SMILES string of the molecule is Cc1cccc(C(=O)NC(C)C(=O)NCc2ccc(Oc3cc(C)ccc3C)nc2)c1. The van der Waals surface area contributed by atoms with Crippen molar-refractivity contribution in [2.75, 3.05) is 0 Å². The van der Waals surface area contributed by atoms with Gasteiger partial charge in [0.15, 0.2) is 0 Å². The van der Waals surface area contributed by atoms with E-state index in [1.807, 2.05) is 57.2 Å². The highest BCUT2D eigenvalue weighted by atomic mass is 16.5. The maximum absolute atomic E-state index is 12.4. The molecule has 1 heterocycles. The van der Waals surface area contributed by atoms with Crippen LogP contribution in [-0.4, -0.2) is 22.8 Å². The predicted octanol–water partition coefficient (Wildman–Crippen LogP) is 4.23. The van der Waals surface area contributed by atoms with Crippen LogP contribution in [-0.2, 0) is 11.3 Å². The molecule has 0 saturated carbocycles. The highest BCUT2D eigenvalue weighted by molar-refractivity contribution is 5.97. The molecule has 2 aromatic carbocycles. The molecule has 1 aromatic heterocycles. The van der Waals surface area contributed by atoms with Crippen LogP contribution in [0.1, 0.15) is 39.5 Å². The number of rotatable bonds is 7. The maximum atomic E-state index is 12.4. The number of hydrogen-bond acceptors (Lipinski definition) is 4. The molecule has 3 rings (SSSR count). The fourth-order valence-electron chi connectivity index (χ4n) is 2.98. The van der Waals surface area contributed by atoms with Crippen LogP contribution in [0.4, 0.5) is 0 Å². The summed E-state index contributed by atoms with van der Waals surface area (Å²) in [6.45, 7) is 7.87. The zero-order chi connectivity index (χ0) is 22.4. The summed E-state index contributed by atoms with van der Waals surface area (Å²) in [5.41, 5.74) is 4.50. The molecule has 6 nitrogen and oxygen atoms in total. The van der Waals surface area contributed by atoms with Crippen molar-refractivity contribution in [3.63, 3.8) is 0 Å². The topological polar surface area (TPSA) is 80.3 Å². The van der Waals surface area contributed by atoms with E-state index in [9.17, 15) is 9.59 Å². The van der Waals surface area contributed by atoms with Crippen LogP contribution in [0.2, 0.25) is 0 Å². The molecule has 6 heteroatoms. The summed E-state index contributed by atoms with van der Waals surface area (Å²) in [6.07, 6.45) is 1.66. The Hall–Kier alpha value is -3.67. The van der Waals surface area contributed by atoms with Gasteiger partial charge in [-0.15, -0.1) is 0 Å². The molecule has 0 aliphatic carbocycles. The fourth-order valence-corrected chi connectivity index (χ4v) is 2.98. The van der Waals surface area contributed by atoms with Crippen molar-refractivity contribution in [3.05, 3.63) is 88.6 Å². The Balaban J connectivity index is 1.51. The van der Waals surface area contributed by atoms with Crippen molar-refractivity contribution in [3.8, 4) is 11.6 Å². The van der Waals surface area contributed by atoms with Crippen molar-refractivity contribution in [2.24, 2.45) is 0 Å². The van der Waals surface area contributed by atoms with Crippen LogP contribution in [0.25, 0.3) is 0 Å². The summed E-state index contributed by atoms with van der Waals surface area (Å²) in [5, 5.41) is 5.54. The Kier molecular flexibility index (Phi) is 7.03. The van der Waals surface area contributed by atoms with Crippen molar-refractivity contribution < 1.29 is 14.3 Å². The monoisotopic (exact) mass is 417 g/mol. The van der Waals surface area contributed by atoms with Gasteiger partial charge in [-0.25, -0.2) is 4.98 Å². The first-order valence-corrected chi connectivity index (χ1v) is 10.2. The lowest BCUT2D eigenvalue weighted by Gasteiger charge is -2.14. The lowest BCUT2D eigenvalue weighted by atomic mass is 10.1. The third-order valence-corrected chi connectivity index (χ3v) is 4.84. The minimum atomic E-state index is -0.659. The van der Waals surface area contributed by atoms with Crippen molar-refractivity contribution in [2.45, 2.75) is 40.3 Å². The molecule has 0 fully saturated rings. The van der Waals surface area contributed by atoms with Crippen molar-refractivity contribution in [1.29, 1.82) is 0 Å². The number of aromatic nitrogens is 1. The number of nitrogens with zero attached hydrogens (tertiary/aromatic N) is 1. The normalized spacial score (nSPS) is 11.5. The van der Waals surface area contributed by atoms with Gasteiger partial charge < -0.3 is 15.4 Å².